The number of nitrogens with one attached hydrogen (secondary N) is 1. The highest BCUT2D eigenvalue weighted by atomic mass is 32.1. The molecular formula is C14H19NO2S. The molecule has 1 fully saturated rings. The van der Waals surface area contributed by atoms with Gasteiger partial charge in [-0.2, -0.15) is 0 Å². The summed E-state index contributed by atoms with van der Waals surface area (Å²) in [7, 11) is 0. The number of hydrogen-bond donors (Lipinski definition) is 2. The second-order valence-electron chi connectivity index (χ2n) is 4.71. The number of hydrogen-bond acceptors (Lipinski definition) is 3. The predicted molar refractivity (Wildman–Crippen MR) is 74.0 cm³/mol. The summed E-state index contributed by atoms with van der Waals surface area (Å²) in [5, 5.41) is 2.96. The van der Waals surface area contributed by atoms with Crippen LogP contribution in [0.2, 0.25) is 0 Å². The Morgan fingerprint density at radius 1 is 1.39 bits per heavy atom. The standard InChI is InChI=1S/C14H19NO2S/c16-14(9-11-1-3-13(18)4-2-11)15-7-5-12-6-8-17-10-12/h1-4,12,18H,5-10H2,(H,15,16). The minimum absolute atomic E-state index is 0.0841. The summed E-state index contributed by atoms with van der Waals surface area (Å²) in [4.78, 5) is 12.6. The van der Waals surface area contributed by atoms with Crippen LogP contribution in [0, 0.1) is 5.92 Å². The average Bonchev–Trinajstić information content (AvgIpc) is 2.85. The molecule has 1 atom stereocenters. The zero-order chi connectivity index (χ0) is 12.8. The Balaban J connectivity index is 1.66. The first-order valence-electron chi connectivity index (χ1n) is 6.36. The summed E-state index contributed by atoms with van der Waals surface area (Å²) in [6, 6.07) is 7.68. The third-order valence-electron chi connectivity index (χ3n) is 3.20. The summed E-state index contributed by atoms with van der Waals surface area (Å²) < 4.78 is 5.30. The number of rotatable bonds is 5. The molecule has 4 heteroatoms. The van der Waals surface area contributed by atoms with Crippen LogP contribution in [-0.2, 0) is 16.0 Å². The summed E-state index contributed by atoms with van der Waals surface area (Å²) in [5.41, 5.74) is 1.02. The minimum atomic E-state index is 0.0841. The molecule has 1 aliphatic heterocycles. The highest BCUT2D eigenvalue weighted by molar-refractivity contribution is 7.80. The van der Waals surface area contributed by atoms with Crippen molar-refractivity contribution in [2.24, 2.45) is 5.92 Å². The van der Waals surface area contributed by atoms with Gasteiger partial charge in [0.25, 0.3) is 0 Å². The third-order valence-corrected chi connectivity index (χ3v) is 3.50. The molecule has 2 rings (SSSR count). The molecule has 0 spiro atoms. The first kappa shape index (κ1) is 13.4. The van der Waals surface area contributed by atoms with Gasteiger partial charge in [0.15, 0.2) is 0 Å². The maximum absolute atomic E-state index is 11.7. The van der Waals surface area contributed by atoms with E-state index in [0.29, 0.717) is 12.3 Å². The van der Waals surface area contributed by atoms with Crippen LogP contribution in [0.4, 0.5) is 0 Å². The van der Waals surface area contributed by atoms with Gasteiger partial charge >= 0.3 is 0 Å². The number of ether oxygens (including phenoxy) is 1. The average molecular weight is 265 g/mol. The van der Waals surface area contributed by atoms with Gasteiger partial charge in [-0.25, -0.2) is 0 Å². The zero-order valence-corrected chi connectivity index (χ0v) is 11.3. The molecule has 0 bridgehead atoms. The molecule has 0 aromatic heterocycles. The van der Waals surface area contributed by atoms with Crippen LogP contribution in [0.25, 0.3) is 0 Å². The number of benzene rings is 1. The summed E-state index contributed by atoms with van der Waals surface area (Å²) in [6.07, 6.45) is 2.58. The van der Waals surface area contributed by atoms with Crippen molar-refractivity contribution < 1.29 is 9.53 Å². The largest absolute Gasteiger partial charge is 0.381 e. The minimum Gasteiger partial charge on any atom is -0.381 e. The first-order chi connectivity index (χ1) is 8.74. The molecule has 1 aromatic carbocycles. The molecule has 0 saturated carbocycles. The van der Waals surface area contributed by atoms with Gasteiger partial charge in [-0.05, 0) is 36.5 Å². The molecule has 18 heavy (non-hydrogen) atoms. The molecule has 1 N–H and O–H groups in total. The lowest BCUT2D eigenvalue weighted by molar-refractivity contribution is -0.120. The van der Waals surface area contributed by atoms with E-state index in [2.05, 4.69) is 17.9 Å². The summed E-state index contributed by atoms with van der Waals surface area (Å²) in [6.45, 7) is 2.46. The van der Waals surface area contributed by atoms with Crippen LogP contribution in [0.1, 0.15) is 18.4 Å². The van der Waals surface area contributed by atoms with E-state index in [1.165, 1.54) is 0 Å². The van der Waals surface area contributed by atoms with Crippen molar-refractivity contribution in [2.45, 2.75) is 24.2 Å². The molecule has 1 aromatic rings. The lowest BCUT2D eigenvalue weighted by atomic mass is 10.1. The smallest absolute Gasteiger partial charge is 0.224 e. The zero-order valence-electron chi connectivity index (χ0n) is 10.4. The van der Waals surface area contributed by atoms with E-state index in [-0.39, 0.29) is 5.91 Å². The first-order valence-corrected chi connectivity index (χ1v) is 6.81. The number of carbonyl (C=O) groups excluding carboxylic acids is 1. The predicted octanol–water partition coefficient (Wildman–Crippen LogP) is 2.06. The molecule has 0 radical (unpaired) electrons. The highest BCUT2D eigenvalue weighted by Gasteiger charge is 2.15. The Morgan fingerprint density at radius 2 is 2.17 bits per heavy atom. The lowest BCUT2D eigenvalue weighted by Gasteiger charge is -2.09. The third kappa shape index (κ3) is 4.35. The van der Waals surface area contributed by atoms with E-state index in [0.717, 1.165) is 43.1 Å². The van der Waals surface area contributed by atoms with Crippen molar-refractivity contribution >= 4 is 18.5 Å². The van der Waals surface area contributed by atoms with Crippen molar-refractivity contribution in [1.82, 2.24) is 5.32 Å². The van der Waals surface area contributed by atoms with Crippen molar-refractivity contribution in [3.63, 3.8) is 0 Å². The van der Waals surface area contributed by atoms with E-state index in [1.807, 2.05) is 24.3 Å². The number of carbonyl (C=O) groups is 1. The molecule has 3 nitrogen and oxygen atoms in total. The molecule has 0 aliphatic carbocycles. The maximum Gasteiger partial charge on any atom is 0.224 e. The molecule has 1 saturated heterocycles. The summed E-state index contributed by atoms with van der Waals surface area (Å²) >= 11 is 4.22. The fourth-order valence-corrected chi connectivity index (χ4v) is 2.24. The summed E-state index contributed by atoms with van der Waals surface area (Å²) in [5.74, 6) is 0.703. The monoisotopic (exact) mass is 265 g/mol. The SMILES string of the molecule is O=C(Cc1ccc(S)cc1)NCCC1CCOC1. The van der Waals surface area contributed by atoms with Gasteiger partial charge < -0.3 is 10.1 Å². The molecular weight excluding hydrogens is 246 g/mol. The molecule has 1 unspecified atom stereocenters. The van der Waals surface area contributed by atoms with E-state index < -0.39 is 0 Å². The number of thiol groups is 1. The molecule has 1 aliphatic rings. The van der Waals surface area contributed by atoms with Crippen molar-refractivity contribution in [3.05, 3.63) is 29.8 Å². The maximum atomic E-state index is 11.7. The second-order valence-corrected chi connectivity index (χ2v) is 5.23. The Bertz CT molecular complexity index is 385. The normalized spacial score (nSPS) is 18.8. The van der Waals surface area contributed by atoms with Crippen LogP contribution in [-0.4, -0.2) is 25.7 Å². The van der Waals surface area contributed by atoms with Crippen LogP contribution >= 0.6 is 12.6 Å². The molecule has 1 amide bonds. The van der Waals surface area contributed by atoms with Crippen LogP contribution in [0.3, 0.4) is 0 Å². The van der Waals surface area contributed by atoms with Crippen molar-refractivity contribution in [3.8, 4) is 0 Å². The number of amides is 1. The van der Waals surface area contributed by atoms with Crippen LogP contribution in [0.15, 0.2) is 29.2 Å². The van der Waals surface area contributed by atoms with Gasteiger partial charge in [0.2, 0.25) is 5.91 Å². The van der Waals surface area contributed by atoms with Gasteiger partial charge in [0.05, 0.1) is 6.42 Å². The lowest BCUT2D eigenvalue weighted by Crippen LogP contribution is -2.27. The Morgan fingerprint density at radius 3 is 2.83 bits per heavy atom. The quantitative estimate of drug-likeness (QED) is 0.800. The second kappa shape index (κ2) is 6.81. The molecule has 98 valence electrons. The van der Waals surface area contributed by atoms with Gasteiger partial charge in [-0.3, -0.25) is 4.79 Å². The highest BCUT2D eigenvalue weighted by Crippen LogP contribution is 2.15. The Labute approximate surface area is 113 Å². The van der Waals surface area contributed by atoms with Crippen molar-refractivity contribution in [1.29, 1.82) is 0 Å². The van der Waals surface area contributed by atoms with Gasteiger partial charge in [0, 0.05) is 24.7 Å². The van der Waals surface area contributed by atoms with Crippen LogP contribution in [0.5, 0.6) is 0 Å². The van der Waals surface area contributed by atoms with Gasteiger partial charge in [-0.15, -0.1) is 12.6 Å². The van der Waals surface area contributed by atoms with Crippen LogP contribution < -0.4 is 5.32 Å². The Kier molecular flexibility index (Phi) is 5.08. The van der Waals surface area contributed by atoms with E-state index in [1.54, 1.807) is 0 Å². The van der Waals surface area contributed by atoms with Crippen molar-refractivity contribution in [2.75, 3.05) is 19.8 Å². The fraction of sp³-hybridized carbons (Fsp3) is 0.500. The van der Waals surface area contributed by atoms with E-state index in [9.17, 15) is 4.79 Å². The van der Waals surface area contributed by atoms with Gasteiger partial charge in [-0.1, -0.05) is 12.1 Å². The van der Waals surface area contributed by atoms with E-state index in [4.69, 9.17) is 4.74 Å². The fourth-order valence-electron chi connectivity index (χ4n) is 2.09. The molecule has 1 heterocycles. The van der Waals surface area contributed by atoms with E-state index >= 15 is 0 Å². The van der Waals surface area contributed by atoms with Gasteiger partial charge in [0.1, 0.15) is 0 Å². The Hall–Kier alpha value is -1.00. The topological polar surface area (TPSA) is 38.3 Å².